The summed E-state index contributed by atoms with van der Waals surface area (Å²) in [4.78, 5) is 25.0. The van der Waals surface area contributed by atoms with Gasteiger partial charge in [0.05, 0.1) is 24.1 Å². The molecule has 0 spiro atoms. The number of nitrogens with one attached hydrogen (secondary N) is 1. The van der Waals surface area contributed by atoms with Crippen molar-refractivity contribution >= 4 is 17.1 Å². The van der Waals surface area contributed by atoms with Crippen LogP contribution in [0.5, 0.6) is 5.75 Å². The molecule has 3 heterocycles. The normalized spacial score (nSPS) is 19.2. The molecule has 5 rings (SSSR count). The number of piperidine rings is 1. The first-order valence-corrected chi connectivity index (χ1v) is 10.9. The summed E-state index contributed by atoms with van der Waals surface area (Å²) >= 11 is 0. The molecule has 1 atom stereocenters. The number of ether oxygens (including phenoxy) is 1. The van der Waals surface area contributed by atoms with Gasteiger partial charge in [0, 0.05) is 18.2 Å². The van der Waals surface area contributed by atoms with Crippen LogP contribution >= 0.6 is 0 Å². The fourth-order valence-electron chi connectivity index (χ4n) is 4.54. The molecule has 1 unspecified atom stereocenters. The molecule has 2 aromatic carbocycles. The summed E-state index contributed by atoms with van der Waals surface area (Å²) < 4.78 is 5.98. The van der Waals surface area contributed by atoms with E-state index < -0.39 is 0 Å². The van der Waals surface area contributed by atoms with E-state index in [-0.39, 0.29) is 12.1 Å². The molecule has 160 valence electrons. The number of urea groups is 1. The largest absolute Gasteiger partial charge is 0.491 e. The summed E-state index contributed by atoms with van der Waals surface area (Å²) in [6, 6.07) is 12.8. The number of imidazole rings is 1. The van der Waals surface area contributed by atoms with Crippen molar-refractivity contribution in [3.63, 3.8) is 0 Å². The quantitative estimate of drug-likeness (QED) is 0.575. The van der Waals surface area contributed by atoms with Crippen molar-refractivity contribution in [1.82, 2.24) is 19.8 Å². The molecule has 1 saturated heterocycles. The number of amides is 2. The van der Waals surface area contributed by atoms with E-state index in [9.17, 15) is 4.79 Å². The number of benzene rings is 2. The lowest BCUT2D eigenvalue weighted by atomic mass is 10.0. The maximum absolute atomic E-state index is 13.3. The maximum Gasteiger partial charge on any atom is 0.320 e. The lowest BCUT2D eigenvalue weighted by Gasteiger charge is -2.37. The van der Waals surface area contributed by atoms with Crippen LogP contribution in [0.15, 0.2) is 48.6 Å². The topological polar surface area (TPSA) is 61.5 Å². The highest BCUT2D eigenvalue weighted by Gasteiger charge is 2.30. The van der Waals surface area contributed by atoms with Gasteiger partial charge < -0.3 is 19.5 Å². The summed E-state index contributed by atoms with van der Waals surface area (Å²) in [5, 5.41) is 0. The number of aromatic amines is 1. The molecule has 0 bridgehead atoms. The van der Waals surface area contributed by atoms with Crippen molar-refractivity contribution in [2.75, 3.05) is 19.7 Å². The predicted molar refractivity (Wildman–Crippen MR) is 122 cm³/mol. The highest BCUT2D eigenvalue weighted by Crippen LogP contribution is 2.31. The lowest BCUT2D eigenvalue weighted by molar-refractivity contribution is 0.126. The van der Waals surface area contributed by atoms with Crippen LogP contribution in [0.1, 0.15) is 31.2 Å². The summed E-state index contributed by atoms with van der Waals surface area (Å²) in [6.45, 7) is 10.5. The first-order valence-electron chi connectivity index (χ1n) is 10.9. The lowest BCUT2D eigenvalue weighted by Crippen LogP contribution is -2.50. The molecule has 0 radical (unpaired) electrons. The first-order chi connectivity index (χ1) is 15.0. The molecule has 2 amide bonds. The van der Waals surface area contributed by atoms with Crippen molar-refractivity contribution in [3.05, 3.63) is 59.9 Å². The number of H-pyrrole nitrogens is 1. The van der Waals surface area contributed by atoms with Gasteiger partial charge in [-0.05, 0) is 62.1 Å². The molecule has 6 heteroatoms. The number of carbonyl (C=O) groups excluding carboxylic acids is 1. The van der Waals surface area contributed by atoms with Crippen LogP contribution in [0, 0.1) is 6.92 Å². The fraction of sp³-hybridized carbons (Fsp3) is 0.360. The second kappa shape index (κ2) is 7.76. The Labute approximate surface area is 182 Å². The van der Waals surface area contributed by atoms with Crippen molar-refractivity contribution in [1.29, 1.82) is 0 Å². The second-order valence-electron chi connectivity index (χ2n) is 8.69. The number of rotatable bonds is 1. The van der Waals surface area contributed by atoms with Crippen LogP contribution in [-0.2, 0) is 6.54 Å². The van der Waals surface area contributed by atoms with Crippen LogP contribution in [0.3, 0.4) is 0 Å². The Morgan fingerprint density at radius 3 is 2.87 bits per heavy atom. The Hall–Kier alpha value is -3.28. The zero-order valence-electron chi connectivity index (χ0n) is 18.1. The first kappa shape index (κ1) is 19.7. The van der Waals surface area contributed by atoms with Crippen LogP contribution in [0.2, 0.25) is 0 Å². The third-order valence-electron chi connectivity index (χ3n) is 6.33. The molecule has 31 heavy (non-hydrogen) atoms. The standard InChI is InChI=1S/C25H28N4O2/c1-16-4-5-17(2)29(14-16)25(30)28-10-11-31-24-9-7-19(12-21(24)15-28)20-6-8-22-23(13-20)27-18(3)26-22/h6-9,12-13,17H,1,4-5,10-11,14-15H2,2-3H3,(H,26,27). The monoisotopic (exact) mass is 416 g/mol. The van der Waals surface area contributed by atoms with Crippen molar-refractivity contribution in [2.45, 2.75) is 39.3 Å². The molecule has 2 aliphatic rings. The van der Waals surface area contributed by atoms with Crippen LogP contribution in [0.25, 0.3) is 22.2 Å². The molecule has 3 aromatic rings. The number of nitrogens with zero attached hydrogens (tertiary/aromatic N) is 3. The Morgan fingerprint density at radius 2 is 2.00 bits per heavy atom. The van der Waals surface area contributed by atoms with Crippen molar-refractivity contribution in [3.8, 4) is 16.9 Å². The average molecular weight is 417 g/mol. The third-order valence-corrected chi connectivity index (χ3v) is 6.33. The molecule has 6 nitrogen and oxygen atoms in total. The second-order valence-corrected chi connectivity index (χ2v) is 8.69. The zero-order chi connectivity index (χ0) is 21.5. The van der Waals surface area contributed by atoms with Crippen LogP contribution in [-0.4, -0.2) is 51.5 Å². The molecule has 1 aromatic heterocycles. The number of hydrogen-bond donors (Lipinski definition) is 1. The highest BCUT2D eigenvalue weighted by atomic mass is 16.5. The molecular weight excluding hydrogens is 388 g/mol. The van der Waals surface area contributed by atoms with E-state index in [4.69, 9.17) is 4.74 Å². The Kier molecular flexibility index (Phi) is 4.93. The number of fused-ring (bicyclic) bond motifs is 2. The van der Waals surface area contributed by atoms with E-state index in [1.165, 1.54) is 0 Å². The molecular formula is C25H28N4O2. The van der Waals surface area contributed by atoms with Gasteiger partial charge in [-0.25, -0.2) is 9.78 Å². The van der Waals surface area contributed by atoms with Gasteiger partial charge in [0.15, 0.2) is 0 Å². The summed E-state index contributed by atoms with van der Waals surface area (Å²) in [6.07, 6.45) is 1.98. The predicted octanol–water partition coefficient (Wildman–Crippen LogP) is 4.89. The maximum atomic E-state index is 13.3. The third kappa shape index (κ3) is 3.78. The van der Waals surface area contributed by atoms with Gasteiger partial charge >= 0.3 is 6.03 Å². The summed E-state index contributed by atoms with van der Waals surface area (Å²) in [5.41, 5.74) is 6.37. The number of carbonyl (C=O) groups is 1. The van der Waals surface area contributed by atoms with E-state index >= 15 is 0 Å². The summed E-state index contributed by atoms with van der Waals surface area (Å²) in [5.74, 6) is 1.76. The van der Waals surface area contributed by atoms with E-state index in [2.05, 4.69) is 47.7 Å². The number of hydrogen-bond acceptors (Lipinski definition) is 3. The SMILES string of the molecule is C=C1CCC(C)N(C(=O)N2CCOc3ccc(-c4ccc5nc(C)[nH]c5c4)cc3C2)C1. The molecule has 0 saturated carbocycles. The van der Waals surface area contributed by atoms with Gasteiger partial charge in [-0.3, -0.25) is 0 Å². The van der Waals surface area contributed by atoms with Gasteiger partial charge in [0.25, 0.3) is 0 Å². The minimum absolute atomic E-state index is 0.0737. The van der Waals surface area contributed by atoms with Gasteiger partial charge in [-0.1, -0.05) is 24.3 Å². The van der Waals surface area contributed by atoms with E-state index in [0.717, 1.165) is 57.7 Å². The Balaban J connectivity index is 1.43. The minimum Gasteiger partial charge on any atom is -0.491 e. The van der Waals surface area contributed by atoms with Crippen LogP contribution in [0.4, 0.5) is 4.79 Å². The van der Waals surface area contributed by atoms with Gasteiger partial charge in [0.1, 0.15) is 18.2 Å². The van der Waals surface area contributed by atoms with E-state index in [0.29, 0.717) is 26.2 Å². The molecule has 2 aliphatic heterocycles. The number of aryl methyl sites for hydroxylation is 1. The Bertz CT molecular complexity index is 1170. The minimum atomic E-state index is 0.0737. The average Bonchev–Trinajstić information content (AvgIpc) is 3.00. The highest BCUT2D eigenvalue weighted by molar-refractivity contribution is 5.82. The van der Waals surface area contributed by atoms with Gasteiger partial charge in [0.2, 0.25) is 0 Å². The van der Waals surface area contributed by atoms with E-state index in [1.807, 2.05) is 28.9 Å². The van der Waals surface area contributed by atoms with Crippen molar-refractivity contribution in [2.24, 2.45) is 0 Å². The smallest absolute Gasteiger partial charge is 0.320 e. The zero-order valence-corrected chi connectivity index (χ0v) is 18.1. The van der Waals surface area contributed by atoms with Crippen molar-refractivity contribution < 1.29 is 9.53 Å². The van der Waals surface area contributed by atoms with Gasteiger partial charge in [-0.15, -0.1) is 0 Å². The summed E-state index contributed by atoms with van der Waals surface area (Å²) in [7, 11) is 0. The molecule has 1 N–H and O–H groups in total. The van der Waals surface area contributed by atoms with Gasteiger partial charge in [-0.2, -0.15) is 0 Å². The van der Waals surface area contributed by atoms with E-state index in [1.54, 1.807) is 0 Å². The van der Waals surface area contributed by atoms with Crippen LogP contribution < -0.4 is 4.74 Å². The molecule has 0 aliphatic carbocycles. The molecule has 1 fully saturated rings. The Morgan fingerprint density at radius 1 is 1.19 bits per heavy atom. The number of likely N-dealkylation sites (tertiary alicyclic amines) is 1. The fourth-order valence-corrected chi connectivity index (χ4v) is 4.54. The number of aromatic nitrogens is 2.